The molecule has 1 aromatic rings. The van der Waals surface area contributed by atoms with E-state index in [1.165, 1.54) is 0 Å². The second-order valence-corrected chi connectivity index (χ2v) is 3.32. The molecule has 0 bridgehead atoms. The third-order valence-electron chi connectivity index (χ3n) is 1.13. The van der Waals surface area contributed by atoms with Gasteiger partial charge in [-0.25, -0.2) is 0 Å². The first-order chi connectivity index (χ1) is 5.46. The molecular weight excluding hydrogens is 248 g/mol. The summed E-state index contributed by atoms with van der Waals surface area (Å²) in [5.41, 5.74) is -0.710. The van der Waals surface area contributed by atoms with Crippen molar-refractivity contribution in [2.45, 2.75) is 0 Å². The lowest BCUT2D eigenvalue weighted by molar-refractivity contribution is 0.186. The standard InChI is InChI=1S/C5HCl4NO2/c6-1-3(11)2(7)5(9)10(12)4(1)8/h12H. The van der Waals surface area contributed by atoms with Crippen LogP contribution in [0.5, 0.6) is 0 Å². The second-order valence-electron chi connectivity index (χ2n) is 1.85. The fraction of sp³-hybridized carbons (Fsp3) is 0. The molecule has 1 aromatic heterocycles. The van der Waals surface area contributed by atoms with Crippen LogP contribution in [0, 0.1) is 0 Å². The van der Waals surface area contributed by atoms with Crippen LogP contribution in [0.4, 0.5) is 0 Å². The number of halogens is 4. The molecule has 3 nitrogen and oxygen atoms in total. The molecule has 7 heteroatoms. The zero-order chi connectivity index (χ0) is 9.46. The average Bonchev–Trinajstić information content (AvgIpc) is 2.08. The minimum atomic E-state index is -0.710. The van der Waals surface area contributed by atoms with Gasteiger partial charge in [0.05, 0.1) is 0 Å². The molecule has 66 valence electrons. The van der Waals surface area contributed by atoms with E-state index in [1.807, 2.05) is 0 Å². The van der Waals surface area contributed by atoms with E-state index in [9.17, 15) is 4.79 Å². The van der Waals surface area contributed by atoms with Crippen LogP contribution < -0.4 is 5.43 Å². The van der Waals surface area contributed by atoms with E-state index in [4.69, 9.17) is 51.6 Å². The van der Waals surface area contributed by atoms with E-state index in [0.29, 0.717) is 4.73 Å². The third kappa shape index (κ3) is 1.38. The third-order valence-corrected chi connectivity index (χ3v) is 2.73. The van der Waals surface area contributed by atoms with Crippen LogP contribution in [-0.2, 0) is 0 Å². The van der Waals surface area contributed by atoms with Crippen LogP contribution in [0.1, 0.15) is 0 Å². The highest BCUT2D eigenvalue weighted by atomic mass is 35.5. The van der Waals surface area contributed by atoms with Crippen LogP contribution in [0.25, 0.3) is 0 Å². The maximum Gasteiger partial charge on any atom is 0.222 e. The van der Waals surface area contributed by atoms with Gasteiger partial charge in [-0.1, -0.05) is 46.4 Å². The normalized spacial score (nSPS) is 10.3. The van der Waals surface area contributed by atoms with Crippen LogP contribution in [-0.4, -0.2) is 9.94 Å². The molecular formula is C5HCl4NO2. The van der Waals surface area contributed by atoms with Gasteiger partial charge < -0.3 is 5.21 Å². The van der Waals surface area contributed by atoms with E-state index in [2.05, 4.69) is 0 Å². The highest BCUT2D eigenvalue weighted by molar-refractivity contribution is 6.45. The van der Waals surface area contributed by atoms with Crippen molar-refractivity contribution in [3.05, 3.63) is 30.6 Å². The molecule has 1 N–H and O–H groups in total. The summed E-state index contributed by atoms with van der Waals surface area (Å²) in [5.74, 6) is 0. The molecule has 1 rings (SSSR count). The summed E-state index contributed by atoms with van der Waals surface area (Å²) in [4.78, 5) is 11.0. The maximum absolute atomic E-state index is 11.0. The van der Waals surface area contributed by atoms with Crippen LogP contribution in [0.3, 0.4) is 0 Å². The van der Waals surface area contributed by atoms with E-state index in [-0.39, 0.29) is 20.4 Å². The molecule has 0 saturated carbocycles. The SMILES string of the molecule is O=c1c(Cl)c(Cl)n(O)c(Cl)c1Cl. The summed E-state index contributed by atoms with van der Waals surface area (Å²) in [6.07, 6.45) is 0. The smallest absolute Gasteiger partial charge is 0.222 e. The summed E-state index contributed by atoms with van der Waals surface area (Å²) in [6, 6.07) is 0. The fourth-order valence-electron chi connectivity index (χ4n) is 0.556. The van der Waals surface area contributed by atoms with Crippen molar-refractivity contribution < 1.29 is 5.21 Å². The Balaban J connectivity index is 3.73. The maximum atomic E-state index is 11.0. The Hall–Kier alpha value is -0.0900. The van der Waals surface area contributed by atoms with Gasteiger partial charge in [0.1, 0.15) is 10.0 Å². The van der Waals surface area contributed by atoms with Gasteiger partial charge in [0.15, 0.2) is 10.3 Å². The van der Waals surface area contributed by atoms with E-state index in [1.54, 1.807) is 0 Å². The molecule has 0 aliphatic rings. The molecule has 0 fully saturated rings. The number of aromatic nitrogens is 1. The Bertz CT molecular complexity index is 354. The van der Waals surface area contributed by atoms with Gasteiger partial charge in [-0.15, -0.1) is 0 Å². The molecule has 0 amide bonds. The van der Waals surface area contributed by atoms with Gasteiger partial charge in [0, 0.05) is 0 Å². The van der Waals surface area contributed by atoms with Crippen LogP contribution >= 0.6 is 46.4 Å². The predicted octanol–water partition coefficient (Wildman–Crippen LogP) is 2.70. The number of hydrogen-bond acceptors (Lipinski definition) is 2. The molecule has 0 saturated heterocycles. The lowest BCUT2D eigenvalue weighted by Gasteiger charge is -2.05. The summed E-state index contributed by atoms with van der Waals surface area (Å²) in [5, 5.41) is 7.57. The first kappa shape index (κ1) is 9.99. The molecule has 0 aromatic carbocycles. The van der Waals surface area contributed by atoms with E-state index >= 15 is 0 Å². The van der Waals surface area contributed by atoms with Crippen molar-refractivity contribution in [1.29, 1.82) is 0 Å². The largest absolute Gasteiger partial charge is 0.426 e. The topological polar surface area (TPSA) is 42.2 Å². The van der Waals surface area contributed by atoms with E-state index < -0.39 is 5.43 Å². The molecule has 0 aliphatic carbocycles. The van der Waals surface area contributed by atoms with Crippen molar-refractivity contribution in [2.75, 3.05) is 0 Å². The Morgan fingerprint density at radius 1 is 1.00 bits per heavy atom. The molecule has 1 heterocycles. The number of rotatable bonds is 0. The molecule has 0 spiro atoms. The van der Waals surface area contributed by atoms with Crippen LogP contribution in [0.15, 0.2) is 4.79 Å². The van der Waals surface area contributed by atoms with Crippen molar-refractivity contribution in [1.82, 2.24) is 4.73 Å². The average molecular weight is 249 g/mol. The van der Waals surface area contributed by atoms with Gasteiger partial charge >= 0.3 is 0 Å². The first-order valence-corrected chi connectivity index (χ1v) is 4.12. The first-order valence-electron chi connectivity index (χ1n) is 2.61. The quantitative estimate of drug-likeness (QED) is 0.567. The summed E-state index contributed by atoms with van der Waals surface area (Å²) in [7, 11) is 0. The molecule has 0 atom stereocenters. The van der Waals surface area contributed by atoms with Crippen molar-refractivity contribution in [2.24, 2.45) is 0 Å². The zero-order valence-corrected chi connectivity index (χ0v) is 8.34. The summed E-state index contributed by atoms with van der Waals surface area (Å²) in [6.45, 7) is 0. The summed E-state index contributed by atoms with van der Waals surface area (Å²) >= 11 is 21.6. The summed E-state index contributed by atoms with van der Waals surface area (Å²) < 4.78 is 0.329. The van der Waals surface area contributed by atoms with Crippen LogP contribution in [0.2, 0.25) is 20.4 Å². The minimum Gasteiger partial charge on any atom is -0.426 e. The number of hydrogen-bond donors (Lipinski definition) is 1. The van der Waals surface area contributed by atoms with Gasteiger partial charge in [-0.05, 0) is 0 Å². The molecule has 12 heavy (non-hydrogen) atoms. The lowest BCUT2D eigenvalue weighted by atomic mass is 10.5. The van der Waals surface area contributed by atoms with Crippen molar-refractivity contribution in [3.63, 3.8) is 0 Å². The monoisotopic (exact) mass is 247 g/mol. The molecule has 0 unspecified atom stereocenters. The highest BCUT2D eigenvalue weighted by Crippen LogP contribution is 2.26. The predicted molar refractivity (Wildman–Crippen MR) is 47.9 cm³/mol. The lowest BCUT2D eigenvalue weighted by Crippen LogP contribution is -2.10. The molecule has 0 aliphatic heterocycles. The number of pyridine rings is 1. The molecule has 0 radical (unpaired) electrons. The highest BCUT2D eigenvalue weighted by Gasteiger charge is 2.16. The van der Waals surface area contributed by atoms with E-state index in [0.717, 1.165) is 0 Å². The fourth-order valence-corrected chi connectivity index (χ4v) is 1.34. The van der Waals surface area contributed by atoms with Gasteiger partial charge in [0.2, 0.25) is 5.43 Å². The second kappa shape index (κ2) is 3.34. The number of nitrogens with zero attached hydrogens (tertiary/aromatic N) is 1. The zero-order valence-electron chi connectivity index (χ0n) is 5.31. The van der Waals surface area contributed by atoms with Crippen molar-refractivity contribution in [3.8, 4) is 0 Å². The van der Waals surface area contributed by atoms with Crippen molar-refractivity contribution >= 4 is 46.4 Å². The Morgan fingerprint density at radius 2 is 1.33 bits per heavy atom. The minimum absolute atomic E-state index is 0.329. The van der Waals surface area contributed by atoms with Gasteiger partial charge in [-0.2, -0.15) is 4.73 Å². The Labute approximate surface area is 87.0 Å². The van der Waals surface area contributed by atoms with Gasteiger partial charge in [-0.3, -0.25) is 4.79 Å². The van der Waals surface area contributed by atoms with Gasteiger partial charge in [0.25, 0.3) is 0 Å². The Morgan fingerprint density at radius 3 is 1.67 bits per heavy atom. The Kier molecular flexibility index (Phi) is 2.78.